The lowest BCUT2D eigenvalue weighted by Crippen LogP contribution is -2.15. The molecule has 1 heterocycles. The molecule has 1 N–H and O–H groups in total. The van der Waals surface area contributed by atoms with Gasteiger partial charge in [-0.25, -0.2) is 4.98 Å². The zero-order chi connectivity index (χ0) is 16.4. The number of nitrogens with one attached hydrogen (secondary N) is 1. The van der Waals surface area contributed by atoms with Gasteiger partial charge in [0, 0.05) is 20.1 Å². The van der Waals surface area contributed by atoms with Crippen molar-refractivity contribution in [2.75, 3.05) is 0 Å². The molecule has 0 saturated heterocycles. The normalized spacial score (nSPS) is 10.3. The molecule has 3 aromatic rings. The third kappa shape index (κ3) is 3.26. The quantitative estimate of drug-likeness (QED) is 0.650. The molecule has 1 aromatic heterocycles. The maximum atomic E-state index is 12.0. The van der Waals surface area contributed by atoms with E-state index in [1.807, 2.05) is 54.6 Å². The lowest BCUT2D eigenvalue weighted by atomic mass is 10.0. The Morgan fingerprint density at radius 3 is 2.22 bits per heavy atom. The molecule has 23 heavy (non-hydrogen) atoms. The van der Waals surface area contributed by atoms with Crippen molar-refractivity contribution in [1.29, 1.82) is 5.26 Å². The number of aromatic nitrogens is 2. The van der Waals surface area contributed by atoms with Crippen molar-refractivity contribution >= 4 is 31.9 Å². The molecule has 4 nitrogen and oxygen atoms in total. The maximum absolute atomic E-state index is 12.0. The molecule has 0 fully saturated rings. The summed E-state index contributed by atoms with van der Waals surface area (Å²) in [5, 5.41) is 9.10. The van der Waals surface area contributed by atoms with E-state index in [0.29, 0.717) is 11.4 Å². The van der Waals surface area contributed by atoms with Crippen LogP contribution in [0.3, 0.4) is 0 Å². The van der Waals surface area contributed by atoms with Crippen LogP contribution in [0.1, 0.15) is 5.69 Å². The van der Waals surface area contributed by atoms with Crippen molar-refractivity contribution in [3.63, 3.8) is 0 Å². The van der Waals surface area contributed by atoms with Crippen molar-refractivity contribution in [3.8, 4) is 28.6 Å². The van der Waals surface area contributed by atoms with E-state index in [2.05, 4.69) is 41.8 Å². The molecule has 2 aromatic carbocycles. The van der Waals surface area contributed by atoms with Crippen LogP contribution in [-0.4, -0.2) is 9.97 Å². The fourth-order valence-corrected chi connectivity index (χ4v) is 3.02. The number of nitriles is 1. The second-order valence-corrected chi connectivity index (χ2v) is 6.60. The first-order valence-corrected chi connectivity index (χ1v) is 8.23. The smallest absolute Gasteiger partial charge is 0.285 e. The summed E-state index contributed by atoms with van der Waals surface area (Å²) in [6.45, 7) is 0. The average molecular weight is 431 g/mol. The number of hydrogen-bond donors (Lipinski definition) is 1. The van der Waals surface area contributed by atoms with Gasteiger partial charge in [-0.1, -0.05) is 56.1 Å². The summed E-state index contributed by atoms with van der Waals surface area (Å²) in [5.41, 5.74) is 2.10. The maximum Gasteiger partial charge on any atom is 0.285 e. The molecule has 0 aliphatic heterocycles. The van der Waals surface area contributed by atoms with Crippen LogP contribution in [0.2, 0.25) is 0 Å². The SMILES string of the molecule is N#Cc1nc(-c2cccc(Br)c2)c(-c2cccc(Br)c2)[nH]c1=O. The largest absolute Gasteiger partial charge is 0.318 e. The lowest BCUT2D eigenvalue weighted by molar-refractivity contribution is 1.11. The van der Waals surface area contributed by atoms with Crippen LogP contribution in [0.5, 0.6) is 0 Å². The van der Waals surface area contributed by atoms with Gasteiger partial charge in [-0.3, -0.25) is 4.79 Å². The van der Waals surface area contributed by atoms with Crippen LogP contribution in [-0.2, 0) is 0 Å². The summed E-state index contributed by atoms with van der Waals surface area (Å²) in [6.07, 6.45) is 0. The van der Waals surface area contributed by atoms with Gasteiger partial charge in [0.15, 0.2) is 0 Å². The third-order valence-corrected chi connectivity index (χ3v) is 4.22. The van der Waals surface area contributed by atoms with Crippen molar-refractivity contribution < 1.29 is 0 Å². The Hall–Kier alpha value is -2.23. The molecular formula is C17H9Br2N3O. The van der Waals surface area contributed by atoms with Gasteiger partial charge in [0.05, 0.1) is 11.4 Å². The van der Waals surface area contributed by atoms with Crippen LogP contribution in [0.25, 0.3) is 22.5 Å². The summed E-state index contributed by atoms with van der Waals surface area (Å²) in [6, 6.07) is 16.9. The van der Waals surface area contributed by atoms with Gasteiger partial charge in [0.25, 0.3) is 5.56 Å². The average Bonchev–Trinajstić information content (AvgIpc) is 2.54. The zero-order valence-electron chi connectivity index (χ0n) is 11.7. The van der Waals surface area contributed by atoms with Gasteiger partial charge in [0.1, 0.15) is 6.07 Å². The van der Waals surface area contributed by atoms with Gasteiger partial charge in [0.2, 0.25) is 5.69 Å². The minimum Gasteiger partial charge on any atom is -0.318 e. The number of nitrogens with zero attached hydrogens (tertiary/aromatic N) is 2. The van der Waals surface area contributed by atoms with Crippen LogP contribution < -0.4 is 5.56 Å². The van der Waals surface area contributed by atoms with Crippen molar-refractivity contribution in [2.24, 2.45) is 0 Å². The molecule has 0 spiro atoms. The van der Waals surface area contributed by atoms with Gasteiger partial charge in [-0.05, 0) is 24.3 Å². The standard InChI is InChI=1S/C17H9Br2N3O/c18-12-5-1-3-10(7-12)15-16(11-4-2-6-13(19)8-11)22-17(23)14(9-20)21-15/h1-8H,(H,22,23). The van der Waals surface area contributed by atoms with Gasteiger partial charge < -0.3 is 4.98 Å². The van der Waals surface area contributed by atoms with Crippen LogP contribution in [0, 0.1) is 11.3 Å². The molecule has 0 amide bonds. The molecular weight excluding hydrogens is 422 g/mol. The van der Waals surface area contributed by atoms with Crippen LogP contribution in [0.4, 0.5) is 0 Å². The molecule has 112 valence electrons. The number of H-pyrrole nitrogens is 1. The lowest BCUT2D eigenvalue weighted by Gasteiger charge is -2.10. The number of hydrogen-bond acceptors (Lipinski definition) is 3. The molecule has 0 aliphatic carbocycles. The molecule has 0 saturated carbocycles. The highest BCUT2D eigenvalue weighted by molar-refractivity contribution is 9.10. The molecule has 6 heteroatoms. The second kappa shape index (κ2) is 6.49. The highest BCUT2D eigenvalue weighted by atomic mass is 79.9. The molecule has 0 atom stereocenters. The number of aromatic amines is 1. The summed E-state index contributed by atoms with van der Waals surface area (Å²) in [4.78, 5) is 19.1. The Balaban J connectivity index is 2.33. The number of benzene rings is 2. The molecule has 0 radical (unpaired) electrons. The fraction of sp³-hybridized carbons (Fsp3) is 0. The third-order valence-electron chi connectivity index (χ3n) is 3.23. The Bertz CT molecular complexity index is 990. The van der Waals surface area contributed by atoms with Crippen molar-refractivity contribution in [3.05, 3.63) is 73.5 Å². The van der Waals surface area contributed by atoms with Gasteiger partial charge in [-0.2, -0.15) is 5.26 Å². The predicted molar refractivity (Wildman–Crippen MR) is 95.8 cm³/mol. The Morgan fingerprint density at radius 1 is 1.00 bits per heavy atom. The van der Waals surface area contributed by atoms with E-state index in [-0.39, 0.29) is 5.69 Å². The highest BCUT2D eigenvalue weighted by Crippen LogP contribution is 2.30. The Kier molecular flexibility index (Phi) is 4.42. The first-order chi connectivity index (χ1) is 11.1. The van der Waals surface area contributed by atoms with E-state index in [4.69, 9.17) is 5.26 Å². The van der Waals surface area contributed by atoms with Crippen molar-refractivity contribution in [2.45, 2.75) is 0 Å². The summed E-state index contributed by atoms with van der Waals surface area (Å²) >= 11 is 6.86. The predicted octanol–water partition coefficient (Wildman–Crippen LogP) is 4.50. The molecule has 3 rings (SSSR count). The minimum atomic E-state index is -0.499. The van der Waals surface area contributed by atoms with Gasteiger partial charge in [-0.15, -0.1) is 0 Å². The Morgan fingerprint density at radius 2 is 1.61 bits per heavy atom. The van der Waals surface area contributed by atoms with E-state index in [9.17, 15) is 4.79 Å². The first kappa shape index (κ1) is 15.7. The monoisotopic (exact) mass is 429 g/mol. The Labute approximate surface area is 149 Å². The molecule has 0 bridgehead atoms. The highest BCUT2D eigenvalue weighted by Gasteiger charge is 2.14. The van der Waals surface area contributed by atoms with E-state index < -0.39 is 5.56 Å². The zero-order valence-corrected chi connectivity index (χ0v) is 14.8. The number of halogens is 2. The second-order valence-electron chi connectivity index (χ2n) is 4.77. The van der Waals surface area contributed by atoms with Gasteiger partial charge >= 0.3 is 0 Å². The summed E-state index contributed by atoms with van der Waals surface area (Å²) in [5.74, 6) is 0. The first-order valence-electron chi connectivity index (χ1n) is 6.65. The minimum absolute atomic E-state index is 0.154. The van der Waals surface area contributed by atoms with E-state index in [0.717, 1.165) is 20.1 Å². The van der Waals surface area contributed by atoms with E-state index >= 15 is 0 Å². The summed E-state index contributed by atoms with van der Waals surface area (Å²) < 4.78 is 1.78. The molecule has 0 unspecified atom stereocenters. The van der Waals surface area contributed by atoms with Crippen LogP contribution in [0.15, 0.2) is 62.3 Å². The number of rotatable bonds is 2. The van der Waals surface area contributed by atoms with Crippen molar-refractivity contribution in [1.82, 2.24) is 9.97 Å². The van der Waals surface area contributed by atoms with Crippen LogP contribution >= 0.6 is 31.9 Å². The van der Waals surface area contributed by atoms with E-state index in [1.165, 1.54) is 0 Å². The topological polar surface area (TPSA) is 69.5 Å². The summed E-state index contributed by atoms with van der Waals surface area (Å²) in [7, 11) is 0. The fourth-order valence-electron chi connectivity index (χ4n) is 2.22. The van der Waals surface area contributed by atoms with E-state index in [1.54, 1.807) is 0 Å². The molecule has 0 aliphatic rings.